The number of morpholine rings is 1. The van der Waals surface area contributed by atoms with Crippen molar-refractivity contribution in [2.75, 3.05) is 25.1 Å². The van der Waals surface area contributed by atoms with Crippen molar-refractivity contribution >= 4 is 11.6 Å². The lowest BCUT2D eigenvalue weighted by Crippen LogP contribution is -2.43. The van der Waals surface area contributed by atoms with Crippen LogP contribution in [0.2, 0.25) is 0 Å². The summed E-state index contributed by atoms with van der Waals surface area (Å²) in [4.78, 5) is 12.2. The summed E-state index contributed by atoms with van der Waals surface area (Å²) >= 11 is 0. The van der Waals surface area contributed by atoms with E-state index in [0.29, 0.717) is 31.2 Å². The number of carbonyl (C=O) groups is 1. The number of anilines is 1. The normalized spacial score (nSPS) is 17.1. The van der Waals surface area contributed by atoms with Gasteiger partial charge in [0.2, 0.25) is 5.91 Å². The largest absolute Gasteiger partial charge is 0.455 e. The predicted octanol–water partition coefficient (Wildman–Crippen LogP) is 3.07. The van der Waals surface area contributed by atoms with Crippen LogP contribution in [0.1, 0.15) is 6.42 Å². The van der Waals surface area contributed by atoms with Crippen LogP contribution in [0.3, 0.4) is 0 Å². The number of hydrogen-bond donors (Lipinski definition) is 2. The van der Waals surface area contributed by atoms with Crippen LogP contribution in [0.5, 0.6) is 11.5 Å². The molecule has 1 aliphatic rings. The van der Waals surface area contributed by atoms with Crippen molar-refractivity contribution in [1.82, 2.24) is 5.32 Å². The third-order valence-electron chi connectivity index (χ3n) is 3.66. The Morgan fingerprint density at radius 3 is 2.72 bits per heavy atom. The van der Waals surface area contributed by atoms with Gasteiger partial charge < -0.3 is 20.1 Å². The lowest BCUT2D eigenvalue weighted by atomic mass is 10.2. The molecule has 0 saturated carbocycles. The molecule has 0 aromatic heterocycles. The predicted molar refractivity (Wildman–Crippen MR) is 88.7 cm³/mol. The van der Waals surface area contributed by atoms with Gasteiger partial charge in [0.05, 0.1) is 18.9 Å². The van der Waals surface area contributed by atoms with Crippen LogP contribution in [0.25, 0.3) is 0 Å². The van der Waals surface area contributed by atoms with Crippen LogP contribution in [0, 0.1) is 11.6 Å². The van der Waals surface area contributed by atoms with Gasteiger partial charge in [0.15, 0.2) is 5.75 Å². The molecule has 2 aromatic carbocycles. The summed E-state index contributed by atoms with van der Waals surface area (Å²) in [6, 6.07) is 9.58. The van der Waals surface area contributed by atoms with Gasteiger partial charge in [-0.25, -0.2) is 8.78 Å². The molecule has 1 heterocycles. The number of hydrogen-bond acceptors (Lipinski definition) is 4. The van der Waals surface area contributed by atoms with Gasteiger partial charge in [0.1, 0.15) is 17.4 Å². The third-order valence-corrected chi connectivity index (χ3v) is 3.66. The molecular weight excluding hydrogens is 330 g/mol. The molecule has 2 N–H and O–H groups in total. The van der Waals surface area contributed by atoms with Gasteiger partial charge in [-0.1, -0.05) is 12.1 Å². The zero-order chi connectivity index (χ0) is 17.6. The molecule has 7 heteroatoms. The molecule has 1 unspecified atom stereocenters. The number of amides is 1. The molecule has 3 rings (SSSR count). The molecule has 1 saturated heterocycles. The number of benzene rings is 2. The molecule has 1 amide bonds. The van der Waals surface area contributed by atoms with Crippen molar-refractivity contribution in [1.29, 1.82) is 0 Å². The Morgan fingerprint density at radius 2 is 2.00 bits per heavy atom. The van der Waals surface area contributed by atoms with E-state index in [1.54, 1.807) is 24.3 Å². The summed E-state index contributed by atoms with van der Waals surface area (Å²) in [7, 11) is 0. The van der Waals surface area contributed by atoms with E-state index >= 15 is 0 Å². The van der Waals surface area contributed by atoms with Crippen molar-refractivity contribution in [3.05, 3.63) is 54.1 Å². The minimum Gasteiger partial charge on any atom is -0.455 e. The minimum absolute atomic E-state index is 0.0153. The summed E-state index contributed by atoms with van der Waals surface area (Å²) in [6.45, 7) is 1.83. The van der Waals surface area contributed by atoms with E-state index in [0.717, 1.165) is 18.2 Å². The third kappa shape index (κ3) is 4.98. The summed E-state index contributed by atoms with van der Waals surface area (Å²) < 4.78 is 37.4. The van der Waals surface area contributed by atoms with Crippen LogP contribution >= 0.6 is 0 Å². The molecule has 25 heavy (non-hydrogen) atoms. The zero-order valence-electron chi connectivity index (χ0n) is 13.4. The second kappa shape index (κ2) is 8.04. The highest BCUT2D eigenvalue weighted by atomic mass is 19.1. The fourth-order valence-electron chi connectivity index (χ4n) is 2.55. The van der Waals surface area contributed by atoms with Gasteiger partial charge in [-0.05, 0) is 12.1 Å². The lowest BCUT2D eigenvalue weighted by Gasteiger charge is -2.23. The Bertz CT molecular complexity index is 729. The Morgan fingerprint density at radius 1 is 1.24 bits per heavy atom. The van der Waals surface area contributed by atoms with Crippen molar-refractivity contribution in [3.8, 4) is 11.5 Å². The average Bonchev–Trinajstić information content (AvgIpc) is 2.56. The van der Waals surface area contributed by atoms with Crippen LogP contribution in [-0.4, -0.2) is 31.7 Å². The smallest absolute Gasteiger partial charge is 0.226 e. The van der Waals surface area contributed by atoms with Gasteiger partial charge in [-0.15, -0.1) is 0 Å². The summed E-state index contributed by atoms with van der Waals surface area (Å²) in [5.41, 5.74) is 0.425. The van der Waals surface area contributed by atoms with Crippen molar-refractivity contribution in [3.63, 3.8) is 0 Å². The molecular formula is C18H18F2N2O3. The monoisotopic (exact) mass is 348 g/mol. The van der Waals surface area contributed by atoms with Crippen LogP contribution in [0.15, 0.2) is 42.5 Å². The maximum atomic E-state index is 13.3. The second-order valence-electron chi connectivity index (χ2n) is 5.68. The Labute approximate surface area is 143 Å². The maximum absolute atomic E-state index is 13.3. The summed E-state index contributed by atoms with van der Waals surface area (Å²) in [5, 5.41) is 5.96. The number of nitrogens with one attached hydrogen (secondary N) is 2. The fourth-order valence-corrected chi connectivity index (χ4v) is 2.55. The van der Waals surface area contributed by atoms with E-state index < -0.39 is 11.6 Å². The molecule has 1 fully saturated rings. The van der Waals surface area contributed by atoms with Gasteiger partial charge >= 0.3 is 0 Å². The highest BCUT2D eigenvalue weighted by molar-refractivity contribution is 5.92. The fraction of sp³-hybridized carbons (Fsp3) is 0.278. The molecule has 1 aliphatic heterocycles. The Kier molecular flexibility index (Phi) is 5.57. The zero-order valence-corrected chi connectivity index (χ0v) is 13.4. The van der Waals surface area contributed by atoms with Gasteiger partial charge in [0, 0.05) is 37.2 Å². The number of rotatable bonds is 5. The first-order valence-electron chi connectivity index (χ1n) is 7.94. The van der Waals surface area contributed by atoms with E-state index in [4.69, 9.17) is 9.47 Å². The van der Waals surface area contributed by atoms with E-state index in [-0.39, 0.29) is 24.1 Å². The molecule has 2 aromatic rings. The number of halogens is 2. The van der Waals surface area contributed by atoms with Crippen molar-refractivity contribution in [2.24, 2.45) is 0 Å². The van der Waals surface area contributed by atoms with E-state index in [9.17, 15) is 13.6 Å². The molecule has 1 atom stereocenters. The lowest BCUT2D eigenvalue weighted by molar-refractivity contribution is -0.117. The Hall–Kier alpha value is -2.51. The summed E-state index contributed by atoms with van der Waals surface area (Å²) in [6.07, 6.45) is 0.253. The summed E-state index contributed by atoms with van der Waals surface area (Å²) in [5.74, 6) is -1.36. The van der Waals surface area contributed by atoms with Crippen molar-refractivity contribution in [2.45, 2.75) is 12.5 Å². The standard InChI is InChI=1S/C18H18F2N2O3/c19-12-7-13(20)9-15(8-12)25-17-4-2-1-3-16(17)22-18(23)10-14-11-24-6-5-21-14/h1-4,7-9,14,21H,5-6,10-11H2,(H,22,23). The first-order chi connectivity index (χ1) is 12.1. The van der Waals surface area contributed by atoms with Crippen LogP contribution in [-0.2, 0) is 9.53 Å². The van der Waals surface area contributed by atoms with E-state index in [1.165, 1.54) is 0 Å². The van der Waals surface area contributed by atoms with Crippen LogP contribution in [0.4, 0.5) is 14.5 Å². The highest BCUT2D eigenvalue weighted by Gasteiger charge is 2.18. The number of ether oxygens (including phenoxy) is 2. The van der Waals surface area contributed by atoms with Gasteiger partial charge in [0.25, 0.3) is 0 Å². The first kappa shape index (κ1) is 17.3. The molecule has 5 nitrogen and oxygen atoms in total. The van der Waals surface area contributed by atoms with Crippen molar-refractivity contribution < 1.29 is 23.0 Å². The second-order valence-corrected chi connectivity index (χ2v) is 5.68. The van der Waals surface area contributed by atoms with Gasteiger partial charge in [-0.3, -0.25) is 4.79 Å². The van der Waals surface area contributed by atoms with Crippen LogP contribution < -0.4 is 15.4 Å². The molecule has 132 valence electrons. The molecule has 0 bridgehead atoms. The van der Waals surface area contributed by atoms with Gasteiger partial charge in [-0.2, -0.15) is 0 Å². The maximum Gasteiger partial charge on any atom is 0.226 e. The molecule has 0 radical (unpaired) electrons. The highest BCUT2D eigenvalue weighted by Crippen LogP contribution is 2.30. The minimum atomic E-state index is -0.736. The van der Waals surface area contributed by atoms with E-state index in [2.05, 4.69) is 10.6 Å². The first-order valence-corrected chi connectivity index (χ1v) is 7.94. The average molecular weight is 348 g/mol. The van der Waals surface area contributed by atoms with E-state index in [1.807, 2.05) is 0 Å². The topological polar surface area (TPSA) is 59.6 Å². The molecule has 0 aliphatic carbocycles. The quantitative estimate of drug-likeness (QED) is 0.872. The number of para-hydroxylation sites is 2. The Balaban J connectivity index is 1.68. The SMILES string of the molecule is O=C(CC1COCCN1)Nc1ccccc1Oc1cc(F)cc(F)c1. The number of carbonyl (C=O) groups excluding carboxylic acids is 1. The molecule has 0 spiro atoms.